The highest BCUT2D eigenvalue weighted by Gasteiger charge is 2.35. The fourth-order valence-electron chi connectivity index (χ4n) is 3.40. The second-order valence-electron chi connectivity index (χ2n) is 7.61. The van der Waals surface area contributed by atoms with Crippen molar-refractivity contribution in [1.29, 1.82) is 0 Å². The molecular formula is C26H25ClF3N3O2S. The van der Waals surface area contributed by atoms with Gasteiger partial charge in [0.25, 0.3) is 0 Å². The lowest BCUT2D eigenvalue weighted by atomic mass is 10.1. The molecule has 0 radical (unpaired) electrons. The van der Waals surface area contributed by atoms with Gasteiger partial charge in [0, 0.05) is 11.9 Å². The fourth-order valence-corrected chi connectivity index (χ4v) is 4.28. The van der Waals surface area contributed by atoms with Crippen LogP contribution in [-0.2, 0) is 22.6 Å². The molecule has 1 aromatic heterocycles. The van der Waals surface area contributed by atoms with Crippen molar-refractivity contribution in [2.45, 2.75) is 31.5 Å². The van der Waals surface area contributed by atoms with Crippen molar-refractivity contribution in [2.24, 2.45) is 0 Å². The average molecular weight is 536 g/mol. The molecule has 1 N–H and O–H groups in total. The molecule has 0 amide bonds. The van der Waals surface area contributed by atoms with Gasteiger partial charge in [-0.25, -0.2) is 13.1 Å². The van der Waals surface area contributed by atoms with E-state index in [0.717, 1.165) is 23.4 Å². The smallest absolute Gasteiger partial charge is 0.379 e. The lowest BCUT2D eigenvalue weighted by molar-refractivity contribution is -0.141. The van der Waals surface area contributed by atoms with E-state index in [0.29, 0.717) is 11.4 Å². The summed E-state index contributed by atoms with van der Waals surface area (Å²) in [6.07, 6.45) is -3.44. The minimum absolute atomic E-state index is 0.0667. The number of hydrogen-bond acceptors (Lipinski definition) is 4. The number of sulfone groups is 1. The molecule has 0 aliphatic carbocycles. The predicted octanol–water partition coefficient (Wildman–Crippen LogP) is 7.25. The molecule has 36 heavy (non-hydrogen) atoms. The topological polar surface area (TPSA) is 64.0 Å². The highest BCUT2D eigenvalue weighted by molar-refractivity contribution is 7.90. The maximum Gasteiger partial charge on any atom is 0.435 e. The molecule has 4 rings (SSSR count). The first-order valence-electron chi connectivity index (χ1n) is 11.1. The number of hydrogen-bond donors (Lipinski definition) is 1. The van der Waals surface area contributed by atoms with Crippen LogP contribution in [0.25, 0.3) is 16.8 Å². The molecule has 4 aromatic rings. The first-order valence-corrected chi connectivity index (χ1v) is 13.3. The zero-order valence-corrected chi connectivity index (χ0v) is 21.4. The lowest BCUT2D eigenvalue weighted by Gasteiger charge is -2.11. The fraction of sp³-hybridized carbons (Fsp3) is 0.192. The van der Waals surface area contributed by atoms with E-state index < -0.39 is 21.7 Å². The first-order chi connectivity index (χ1) is 17.0. The van der Waals surface area contributed by atoms with E-state index in [1.54, 1.807) is 66.7 Å². The Morgan fingerprint density at radius 1 is 0.917 bits per heavy atom. The number of anilines is 1. The molecule has 3 aromatic carbocycles. The van der Waals surface area contributed by atoms with Gasteiger partial charge in [-0.05, 0) is 53.6 Å². The summed E-state index contributed by atoms with van der Waals surface area (Å²) in [4.78, 5) is 0.223. The second-order valence-corrected chi connectivity index (χ2v) is 10.0. The molecule has 1 heterocycles. The van der Waals surface area contributed by atoms with Crippen LogP contribution >= 0.6 is 11.6 Å². The van der Waals surface area contributed by atoms with Crippen molar-refractivity contribution >= 4 is 27.1 Å². The second kappa shape index (κ2) is 11.2. The van der Waals surface area contributed by atoms with Crippen LogP contribution in [0.2, 0.25) is 5.02 Å². The lowest BCUT2D eigenvalue weighted by Crippen LogP contribution is -2.09. The van der Waals surface area contributed by atoms with Crippen molar-refractivity contribution in [2.75, 3.05) is 11.6 Å². The van der Waals surface area contributed by atoms with Gasteiger partial charge in [0.1, 0.15) is 0 Å². The van der Waals surface area contributed by atoms with Crippen LogP contribution < -0.4 is 5.32 Å². The normalized spacial score (nSPS) is 11.5. The Labute approximate surface area is 213 Å². The zero-order chi connectivity index (χ0) is 26.5. The molecule has 0 saturated carbocycles. The quantitative estimate of drug-likeness (QED) is 0.282. The highest BCUT2D eigenvalue weighted by Crippen LogP contribution is 2.31. The molecule has 0 spiro atoms. The largest absolute Gasteiger partial charge is 0.435 e. The van der Waals surface area contributed by atoms with E-state index in [9.17, 15) is 21.6 Å². The third kappa shape index (κ3) is 6.47. The van der Waals surface area contributed by atoms with Crippen LogP contribution in [0.5, 0.6) is 0 Å². The van der Waals surface area contributed by atoms with Gasteiger partial charge >= 0.3 is 6.18 Å². The summed E-state index contributed by atoms with van der Waals surface area (Å²) in [5.41, 5.74) is 1.83. The summed E-state index contributed by atoms with van der Waals surface area (Å²) in [6, 6.07) is 21.3. The number of nitrogens with zero attached hydrogens (tertiary/aromatic N) is 2. The van der Waals surface area contributed by atoms with Gasteiger partial charge in [0.05, 0.1) is 27.8 Å². The van der Waals surface area contributed by atoms with E-state index in [1.165, 1.54) is 10.7 Å². The highest BCUT2D eigenvalue weighted by atomic mass is 35.5. The van der Waals surface area contributed by atoms with Crippen molar-refractivity contribution in [1.82, 2.24) is 9.78 Å². The summed E-state index contributed by atoms with van der Waals surface area (Å²) in [5.74, 6) is 0. The molecule has 0 atom stereocenters. The van der Waals surface area contributed by atoms with E-state index in [-0.39, 0.29) is 22.2 Å². The number of halogens is 4. The maximum atomic E-state index is 13.3. The molecule has 0 saturated heterocycles. The standard InChI is InChI=1S/C24H19ClF3N3O2S.C2H6/c1-34(32,33)20-6-4-5-17(13-20)16-9-11-18(12-10-16)29-15-19-14-23(24(26,27)28)30-31(19)22-8-3-2-7-21(22)25;1-2/h2-14,29H,15H2,1H3;1-2H3. The number of benzene rings is 3. The minimum atomic E-state index is -4.59. The molecule has 0 aliphatic rings. The van der Waals surface area contributed by atoms with Crippen LogP contribution in [0.15, 0.2) is 83.8 Å². The van der Waals surface area contributed by atoms with Crippen LogP contribution in [0.4, 0.5) is 18.9 Å². The van der Waals surface area contributed by atoms with Gasteiger partial charge in [-0.2, -0.15) is 18.3 Å². The van der Waals surface area contributed by atoms with Gasteiger partial charge in [-0.1, -0.05) is 61.8 Å². The number of nitrogens with one attached hydrogen (secondary N) is 1. The van der Waals surface area contributed by atoms with Gasteiger partial charge in [0.2, 0.25) is 0 Å². The number of para-hydroxylation sites is 1. The van der Waals surface area contributed by atoms with Crippen LogP contribution in [0, 0.1) is 0 Å². The summed E-state index contributed by atoms with van der Waals surface area (Å²) in [6.45, 7) is 4.07. The molecule has 0 bridgehead atoms. The van der Waals surface area contributed by atoms with Crippen molar-refractivity contribution < 1.29 is 21.6 Å². The van der Waals surface area contributed by atoms with E-state index >= 15 is 0 Å². The predicted molar refractivity (Wildman–Crippen MR) is 137 cm³/mol. The molecule has 190 valence electrons. The number of rotatable bonds is 6. The van der Waals surface area contributed by atoms with Crippen LogP contribution in [-0.4, -0.2) is 24.5 Å². The molecule has 5 nitrogen and oxygen atoms in total. The monoisotopic (exact) mass is 535 g/mol. The Morgan fingerprint density at radius 3 is 2.19 bits per heavy atom. The third-order valence-corrected chi connectivity index (χ3v) is 6.54. The summed E-state index contributed by atoms with van der Waals surface area (Å²) in [5, 5.41) is 7.11. The zero-order valence-electron chi connectivity index (χ0n) is 19.8. The van der Waals surface area contributed by atoms with Crippen LogP contribution in [0.1, 0.15) is 25.2 Å². The Hall–Kier alpha value is -3.30. The summed E-state index contributed by atoms with van der Waals surface area (Å²) < 4.78 is 64.7. The van der Waals surface area contributed by atoms with Gasteiger partial charge in [-0.15, -0.1) is 0 Å². The first kappa shape index (κ1) is 27.3. The van der Waals surface area contributed by atoms with Crippen LogP contribution in [0.3, 0.4) is 0 Å². The Kier molecular flexibility index (Phi) is 8.47. The molecule has 0 aliphatic heterocycles. The Bertz CT molecular complexity index is 1430. The molecule has 0 fully saturated rings. The van der Waals surface area contributed by atoms with Gasteiger partial charge < -0.3 is 5.32 Å². The third-order valence-electron chi connectivity index (χ3n) is 5.11. The van der Waals surface area contributed by atoms with E-state index in [2.05, 4.69) is 10.4 Å². The van der Waals surface area contributed by atoms with Crippen molar-refractivity contribution in [3.8, 4) is 16.8 Å². The van der Waals surface area contributed by atoms with E-state index in [4.69, 9.17) is 11.6 Å². The maximum absolute atomic E-state index is 13.3. The van der Waals surface area contributed by atoms with Gasteiger partial charge in [0.15, 0.2) is 15.5 Å². The molecular weight excluding hydrogens is 511 g/mol. The van der Waals surface area contributed by atoms with Gasteiger partial charge in [-0.3, -0.25) is 0 Å². The minimum Gasteiger partial charge on any atom is -0.379 e. The summed E-state index contributed by atoms with van der Waals surface area (Å²) in [7, 11) is -3.33. The number of aromatic nitrogens is 2. The van der Waals surface area contributed by atoms with Crippen molar-refractivity contribution in [3.63, 3.8) is 0 Å². The number of alkyl halides is 3. The van der Waals surface area contributed by atoms with Crippen molar-refractivity contribution in [3.05, 3.63) is 95.3 Å². The van der Waals surface area contributed by atoms with E-state index in [1.807, 2.05) is 13.8 Å². The summed E-state index contributed by atoms with van der Waals surface area (Å²) >= 11 is 6.19. The average Bonchev–Trinajstić information content (AvgIpc) is 3.29. The molecule has 0 unspecified atom stereocenters. The SMILES string of the molecule is CC.CS(=O)(=O)c1cccc(-c2ccc(NCc3cc(C(F)(F)F)nn3-c3ccccc3Cl)cc2)c1. The Morgan fingerprint density at radius 2 is 1.58 bits per heavy atom. The Balaban J connectivity index is 0.00000176. The molecule has 10 heteroatoms.